The summed E-state index contributed by atoms with van der Waals surface area (Å²) in [5, 5.41) is 2.91. The summed E-state index contributed by atoms with van der Waals surface area (Å²) < 4.78 is 4.87. The number of aromatic amines is 1. The second-order valence-electron chi connectivity index (χ2n) is 4.44. The van der Waals surface area contributed by atoms with Crippen LogP contribution in [0.25, 0.3) is 11.0 Å². The molecule has 0 aliphatic carbocycles. The smallest absolute Gasteiger partial charge is 0.343 e. The van der Waals surface area contributed by atoms with E-state index < -0.39 is 5.97 Å². The number of H-pyrrole nitrogens is 1. The molecule has 0 unspecified atom stereocenters. The molecule has 2 heterocycles. The fourth-order valence-corrected chi connectivity index (χ4v) is 1.94. The van der Waals surface area contributed by atoms with E-state index in [1.165, 1.54) is 6.20 Å². The quantitative estimate of drug-likeness (QED) is 0.629. The number of aromatic nitrogens is 4. The van der Waals surface area contributed by atoms with E-state index in [1.54, 1.807) is 6.92 Å². The number of fused-ring (bicyclic) bond motifs is 1. The molecule has 8 heteroatoms. The molecule has 0 radical (unpaired) electrons. The number of nitrogen functional groups attached to an aromatic ring is 1. The van der Waals surface area contributed by atoms with E-state index in [1.807, 2.05) is 24.3 Å². The average Bonchev–Trinajstić information content (AvgIpc) is 2.89. The monoisotopic (exact) mass is 298 g/mol. The normalized spacial score (nSPS) is 10.6. The van der Waals surface area contributed by atoms with Gasteiger partial charge in [-0.25, -0.2) is 14.8 Å². The number of ether oxygens (including phenoxy) is 1. The maximum atomic E-state index is 11.6. The highest BCUT2D eigenvalue weighted by Crippen LogP contribution is 2.17. The van der Waals surface area contributed by atoms with E-state index in [0.29, 0.717) is 5.95 Å². The first kappa shape index (κ1) is 13.8. The minimum atomic E-state index is -0.546. The third-order valence-electron chi connectivity index (χ3n) is 2.93. The number of benzene rings is 1. The third kappa shape index (κ3) is 2.66. The lowest BCUT2D eigenvalue weighted by atomic mass is 10.3. The SMILES string of the molecule is CCOC(=O)c1cnc(Nc2nc3ccccc3[nH]2)nc1N. The Labute approximate surface area is 125 Å². The lowest BCUT2D eigenvalue weighted by molar-refractivity contribution is 0.0527. The van der Waals surface area contributed by atoms with Crippen molar-refractivity contribution in [3.8, 4) is 0 Å². The fraction of sp³-hybridized carbons (Fsp3) is 0.143. The number of hydrogen-bond acceptors (Lipinski definition) is 7. The number of carbonyl (C=O) groups is 1. The van der Waals surface area contributed by atoms with Crippen LogP contribution in [-0.2, 0) is 4.74 Å². The molecular formula is C14H14N6O2. The summed E-state index contributed by atoms with van der Waals surface area (Å²) >= 11 is 0. The number of nitrogens with zero attached hydrogens (tertiary/aromatic N) is 3. The van der Waals surface area contributed by atoms with Crippen LogP contribution in [-0.4, -0.2) is 32.5 Å². The van der Waals surface area contributed by atoms with Crippen LogP contribution in [0.4, 0.5) is 17.7 Å². The van der Waals surface area contributed by atoms with Crippen molar-refractivity contribution in [3.05, 3.63) is 36.0 Å². The Kier molecular flexibility index (Phi) is 3.57. The highest BCUT2D eigenvalue weighted by atomic mass is 16.5. The van der Waals surface area contributed by atoms with Crippen LogP contribution in [0, 0.1) is 0 Å². The molecule has 0 aliphatic rings. The molecular weight excluding hydrogens is 284 g/mol. The molecule has 0 amide bonds. The van der Waals surface area contributed by atoms with Gasteiger partial charge in [-0.1, -0.05) is 12.1 Å². The number of nitrogens with two attached hydrogens (primary N) is 1. The second kappa shape index (κ2) is 5.68. The summed E-state index contributed by atoms with van der Waals surface area (Å²) in [6.07, 6.45) is 1.32. The average molecular weight is 298 g/mol. The molecule has 4 N–H and O–H groups in total. The molecule has 3 aromatic rings. The summed E-state index contributed by atoms with van der Waals surface area (Å²) in [5.41, 5.74) is 7.61. The predicted octanol–water partition coefficient (Wildman–Crippen LogP) is 1.86. The molecule has 0 saturated heterocycles. The van der Waals surface area contributed by atoms with E-state index in [-0.39, 0.29) is 23.9 Å². The van der Waals surface area contributed by atoms with Gasteiger partial charge in [0.1, 0.15) is 11.4 Å². The Hall–Kier alpha value is -3.16. The van der Waals surface area contributed by atoms with Crippen LogP contribution in [0.1, 0.15) is 17.3 Å². The molecule has 8 nitrogen and oxygen atoms in total. The molecule has 2 aromatic heterocycles. The van der Waals surface area contributed by atoms with Gasteiger partial charge in [0.25, 0.3) is 0 Å². The van der Waals surface area contributed by atoms with Crippen molar-refractivity contribution in [2.45, 2.75) is 6.92 Å². The van der Waals surface area contributed by atoms with Gasteiger partial charge in [0.05, 0.1) is 17.6 Å². The van der Waals surface area contributed by atoms with Crippen LogP contribution in [0.5, 0.6) is 0 Å². The van der Waals surface area contributed by atoms with Crippen molar-refractivity contribution in [2.24, 2.45) is 0 Å². The van der Waals surface area contributed by atoms with Crippen molar-refractivity contribution in [3.63, 3.8) is 0 Å². The van der Waals surface area contributed by atoms with Gasteiger partial charge >= 0.3 is 5.97 Å². The molecule has 0 fully saturated rings. The number of hydrogen-bond donors (Lipinski definition) is 3. The van der Waals surface area contributed by atoms with Crippen LogP contribution >= 0.6 is 0 Å². The van der Waals surface area contributed by atoms with Gasteiger partial charge in [-0.15, -0.1) is 0 Å². The maximum Gasteiger partial charge on any atom is 0.343 e. The highest BCUT2D eigenvalue weighted by Gasteiger charge is 2.14. The molecule has 22 heavy (non-hydrogen) atoms. The van der Waals surface area contributed by atoms with E-state index in [4.69, 9.17) is 10.5 Å². The lowest BCUT2D eigenvalue weighted by Crippen LogP contribution is -2.11. The Bertz CT molecular complexity index is 796. The van der Waals surface area contributed by atoms with E-state index in [0.717, 1.165) is 11.0 Å². The van der Waals surface area contributed by atoms with Crippen molar-refractivity contribution >= 4 is 34.7 Å². The Morgan fingerprint density at radius 1 is 1.36 bits per heavy atom. The zero-order valence-corrected chi connectivity index (χ0v) is 11.8. The van der Waals surface area contributed by atoms with Crippen LogP contribution in [0.2, 0.25) is 0 Å². The van der Waals surface area contributed by atoms with Gasteiger partial charge in [0.2, 0.25) is 11.9 Å². The summed E-state index contributed by atoms with van der Waals surface area (Å²) in [4.78, 5) is 27.1. The zero-order valence-electron chi connectivity index (χ0n) is 11.8. The van der Waals surface area contributed by atoms with Gasteiger partial charge in [-0.2, -0.15) is 4.98 Å². The molecule has 0 bridgehead atoms. The number of imidazole rings is 1. The Morgan fingerprint density at radius 2 is 2.18 bits per heavy atom. The van der Waals surface area contributed by atoms with Gasteiger partial charge in [0.15, 0.2) is 0 Å². The fourth-order valence-electron chi connectivity index (χ4n) is 1.94. The van der Waals surface area contributed by atoms with Crippen molar-refractivity contribution in [2.75, 3.05) is 17.7 Å². The van der Waals surface area contributed by atoms with Gasteiger partial charge in [-0.3, -0.25) is 5.32 Å². The number of rotatable bonds is 4. The topological polar surface area (TPSA) is 119 Å². The lowest BCUT2D eigenvalue weighted by Gasteiger charge is -2.06. The van der Waals surface area contributed by atoms with E-state index in [2.05, 4.69) is 25.3 Å². The summed E-state index contributed by atoms with van der Waals surface area (Å²) in [5.74, 6) is 0.233. The van der Waals surface area contributed by atoms with E-state index >= 15 is 0 Å². The summed E-state index contributed by atoms with van der Waals surface area (Å²) in [6.45, 7) is 1.98. The maximum absolute atomic E-state index is 11.6. The molecule has 1 aromatic carbocycles. The molecule has 0 saturated carbocycles. The van der Waals surface area contributed by atoms with Crippen molar-refractivity contribution in [1.82, 2.24) is 19.9 Å². The number of anilines is 3. The number of para-hydroxylation sites is 2. The second-order valence-corrected chi connectivity index (χ2v) is 4.44. The standard InChI is InChI=1S/C14H14N6O2/c1-2-22-12(21)8-7-16-13(19-11(8)15)20-14-17-9-5-3-4-6-10(9)18-14/h3-7H,2H2,1H3,(H4,15,16,17,18,19,20). The van der Waals surface area contributed by atoms with Crippen LogP contribution in [0.15, 0.2) is 30.5 Å². The molecule has 0 atom stereocenters. The van der Waals surface area contributed by atoms with Crippen molar-refractivity contribution < 1.29 is 9.53 Å². The zero-order chi connectivity index (χ0) is 15.5. The molecule has 0 aliphatic heterocycles. The first-order valence-electron chi connectivity index (χ1n) is 6.68. The van der Waals surface area contributed by atoms with Crippen LogP contribution < -0.4 is 11.1 Å². The highest BCUT2D eigenvalue weighted by molar-refractivity contribution is 5.93. The molecule has 112 valence electrons. The van der Waals surface area contributed by atoms with Gasteiger partial charge in [-0.05, 0) is 19.1 Å². The number of carbonyl (C=O) groups excluding carboxylic acids is 1. The predicted molar refractivity (Wildman–Crippen MR) is 81.8 cm³/mol. The van der Waals surface area contributed by atoms with E-state index in [9.17, 15) is 4.79 Å². The first-order valence-corrected chi connectivity index (χ1v) is 6.68. The largest absolute Gasteiger partial charge is 0.462 e. The molecule has 3 rings (SSSR count). The Morgan fingerprint density at radius 3 is 2.91 bits per heavy atom. The Balaban J connectivity index is 1.83. The number of esters is 1. The minimum Gasteiger partial charge on any atom is -0.462 e. The summed E-state index contributed by atoms with van der Waals surface area (Å²) in [7, 11) is 0. The molecule has 0 spiro atoms. The van der Waals surface area contributed by atoms with Gasteiger partial charge < -0.3 is 15.5 Å². The van der Waals surface area contributed by atoms with Crippen LogP contribution in [0.3, 0.4) is 0 Å². The first-order chi connectivity index (χ1) is 10.7. The van der Waals surface area contributed by atoms with Crippen molar-refractivity contribution in [1.29, 1.82) is 0 Å². The summed E-state index contributed by atoms with van der Waals surface area (Å²) in [6, 6.07) is 7.60. The van der Waals surface area contributed by atoms with Gasteiger partial charge in [0, 0.05) is 6.20 Å². The third-order valence-corrected chi connectivity index (χ3v) is 2.93. The number of nitrogens with one attached hydrogen (secondary N) is 2. The minimum absolute atomic E-state index is 0.0482.